The van der Waals surface area contributed by atoms with E-state index in [2.05, 4.69) is 45.3 Å². The second-order valence-electron chi connectivity index (χ2n) is 10.6. The van der Waals surface area contributed by atoms with E-state index in [4.69, 9.17) is 0 Å². The standard InChI is InChI=1S/C26H52N2O2.ClH/c1-6-7-15-28-26(30)23(17-21(4)5)19-25(29)24(27-16-11-12-20(2)3)18-22-13-9-8-10-14-22;/h20-25,27,29H,6-19H2,1-5H3,(H,28,30);1H. The molecule has 0 aliphatic heterocycles. The Morgan fingerprint density at radius 2 is 1.65 bits per heavy atom. The molecule has 0 aromatic rings. The van der Waals surface area contributed by atoms with Gasteiger partial charge in [0.25, 0.3) is 0 Å². The van der Waals surface area contributed by atoms with E-state index < -0.39 is 6.10 Å². The zero-order valence-corrected chi connectivity index (χ0v) is 21.9. The van der Waals surface area contributed by atoms with Crippen LogP contribution in [0.25, 0.3) is 0 Å². The number of carbonyl (C=O) groups is 1. The van der Waals surface area contributed by atoms with E-state index in [1.54, 1.807) is 0 Å². The predicted octanol–water partition coefficient (Wildman–Crippen LogP) is 6.10. The Kier molecular flexibility index (Phi) is 18.0. The molecule has 0 heterocycles. The number of hydrogen-bond donors (Lipinski definition) is 3. The Balaban J connectivity index is 0.00000900. The molecule has 1 aliphatic rings. The molecule has 0 radical (unpaired) electrons. The van der Waals surface area contributed by atoms with Crippen LogP contribution in [-0.2, 0) is 4.79 Å². The van der Waals surface area contributed by atoms with Gasteiger partial charge >= 0.3 is 0 Å². The molecule has 5 heteroatoms. The number of unbranched alkanes of at least 4 members (excludes halogenated alkanes) is 1. The Morgan fingerprint density at radius 3 is 2.23 bits per heavy atom. The number of aliphatic hydroxyl groups excluding tert-OH is 1. The van der Waals surface area contributed by atoms with Crippen molar-refractivity contribution in [3.05, 3.63) is 0 Å². The first-order valence-corrected chi connectivity index (χ1v) is 13.0. The number of halogens is 1. The van der Waals surface area contributed by atoms with Crippen LogP contribution in [0.5, 0.6) is 0 Å². The van der Waals surface area contributed by atoms with Crippen molar-refractivity contribution in [2.45, 2.75) is 124 Å². The third-order valence-corrected chi connectivity index (χ3v) is 6.62. The Bertz CT molecular complexity index is 439. The summed E-state index contributed by atoms with van der Waals surface area (Å²) in [7, 11) is 0. The van der Waals surface area contributed by atoms with E-state index >= 15 is 0 Å². The van der Waals surface area contributed by atoms with Crippen LogP contribution in [0.4, 0.5) is 0 Å². The van der Waals surface area contributed by atoms with Crippen LogP contribution >= 0.6 is 12.4 Å². The lowest BCUT2D eigenvalue weighted by Gasteiger charge is -2.32. The van der Waals surface area contributed by atoms with Gasteiger partial charge in [-0.2, -0.15) is 0 Å². The quantitative estimate of drug-likeness (QED) is 0.244. The Hall–Kier alpha value is -0.320. The van der Waals surface area contributed by atoms with E-state index in [1.807, 2.05) is 0 Å². The third-order valence-electron chi connectivity index (χ3n) is 6.62. The molecule has 3 unspecified atom stereocenters. The van der Waals surface area contributed by atoms with Gasteiger partial charge in [0.1, 0.15) is 0 Å². The first-order chi connectivity index (χ1) is 14.3. The van der Waals surface area contributed by atoms with Crippen molar-refractivity contribution >= 4 is 18.3 Å². The fourth-order valence-electron chi connectivity index (χ4n) is 4.82. The molecule has 186 valence electrons. The summed E-state index contributed by atoms with van der Waals surface area (Å²) in [6.45, 7) is 12.7. The Morgan fingerprint density at radius 1 is 0.968 bits per heavy atom. The van der Waals surface area contributed by atoms with Gasteiger partial charge in [0.15, 0.2) is 0 Å². The largest absolute Gasteiger partial charge is 0.391 e. The molecule has 1 amide bonds. The minimum atomic E-state index is -0.452. The average molecular weight is 461 g/mol. The van der Waals surface area contributed by atoms with Crippen molar-refractivity contribution in [2.24, 2.45) is 23.7 Å². The predicted molar refractivity (Wildman–Crippen MR) is 136 cm³/mol. The molecule has 1 aliphatic carbocycles. The highest BCUT2D eigenvalue weighted by molar-refractivity contribution is 5.85. The minimum absolute atomic E-state index is 0. The van der Waals surface area contributed by atoms with Crippen LogP contribution in [0.1, 0.15) is 112 Å². The Labute approximate surface area is 199 Å². The number of rotatable bonds is 16. The number of hydrogen-bond acceptors (Lipinski definition) is 3. The molecule has 4 nitrogen and oxygen atoms in total. The van der Waals surface area contributed by atoms with Gasteiger partial charge in [-0.3, -0.25) is 4.79 Å². The van der Waals surface area contributed by atoms with Gasteiger partial charge in [-0.25, -0.2) is 0 Å². The number of amides is 1. The highest BCUT2D eigenvalue weighted by atomic mass is 35.5. The van der Waals surface area contributed by atoms with Crippen molar-refractivity contribution in [3.8, 4) is 0 Å². The lowest BCUT2D eigenvalue weighted by molar-refractivity contribution is -0.126. The van der Waals surface area contributed by atoms with Gasteiger partial charge in [-0.1, -0.05) is 73.1 Å². The van der Waals surface area contributed by atoms with Crippen molar-refractivity contribution in [3.63, 3.8) is 0 Å². The molecule has 31 heavy (non-hydrogen) atoms. The summed E-state index contributed by atoms with van der Waals surface area (Å²) in [6.07, 6.45) is 13.1. The normalized spacial score (nSPS) is 17.9. The van der Waals surface area contributed by atoms with Crippen molar-refractivity contribution in [1.29, 1.82) is 0 Å². The summed E-state index contributed by atoms with van der Waals surface area (Å²) in [6, 6.07) is 0.110. The summed E-state index contributed by atoms with van der Waals surface area (Å²) < 4.78 is 0. The third kappa shape index (κ3) is 14.4. The van der Waals surface area contributed by atoms with E-state index in [1.165, 1.54) is 38.5 Å². The fraction of sp³-hybridized carbons (Fsp3) is 0.962. The summed E-state index contributed by atoms with van der Waals surface area (Å²) >= 11 is 0. The van der Waals surface area contributed by atoms with E-state index in [9.17, 15) is 9.90 Å². The molecule has 1 fully saturated rings. The molecule has 3 atom stereocenters. The molecule has 0 bridgehead atoms. The molecule has 1 saturated carbocycles. The molecule has 0 aromatic heterocycles. The molecule has 0 saturated heterocycles. The molecular formula is C26H53ClN2O2. The van der Waals surface area contributed by atoms with E-state index in [0.29, 0.717) is 12.3 Å². The smallest absolute Gasteiger partial charge is 0.223 e. The van der Waals surface area contributed by atoms with Gasteiger partial charge in [0.05, 0.1) is 6.10 Å². The highest BCUT2D eigenvalue weighted by Crippen LogP contribution is 2.29. The lowest BCUT2D eigenvalue weighted by atomic mass is 9.81. The SMILES string of the molecule is CCCCNC(=O)C(CC(C)C)CC(O)C(CC1CCCCC1)NCCCC(C)C.Cl. The van der Waals surface area contributed by atoms with Crippen LogP contribution in [0.15, 0.2) is 0 Å². The van der Waals surface area contributed by atoms with Crippen LogP contribution < -0.4 is 10.6 Å². The minimum Gasteiger partial charge on any atom is -0.391 e. The maximum Gasteiger partial charge on any atom is 0.223 e. The first kappa shape index (κ1) is 30.7. The second kappa shape index (κ2) is 18.1. The highest BCUT2D eigenvalue weighted by Gasteiger charge is 2.29. The zero-order chi connectivity index (χ0) is 22.4. The molecular weight excluding hydrogens is 408 g/mol. The van der Waals surface area contributed by atoms with Gasteiger partial charge < -0.3 is 15.7 Å². The van der Waals surface area contributed by atoms with Crippen molar-refractivity contribution in [2.75, 3.05) is 13.1 Å². The number of aliphatic hydroxyl groups is 1. The maximum absolute atomic E-state index is 12.8. The molecule has 0 spiro atoms. The van der Waals surface area contributed by atoms with Gasteiger partial charge in [0.2, 0.25) is 5.91 Å². The molecule has 0 aromatic carbocycles. The summed E-state index contributed by atoms with van der Waals surface area (Å²) in [5.41, 5.74) is 0. The van der Waals surface area contributed by atoms with Crippen LogP contribution in [0, 0.1) is 23.7 Å². The van der Waals surface area contributed by atoms with Crippen LogP contribution in [-0.4, -0.2) is 36.2 Å². The maximum atomic E-state index is 12.8. The number of nitrogens with one attached hydrogen (secondary N) is 2. The second-order valence-corrected chi connectivity index (χ2v) is 10.6. The summed E-state index contributed by atoms with van der Waals surface area (Å²) in [5, 5.41) is 18.0. The monoisotopic (exact) mass is 460 g/mol. The lowest BCUT2D eigenvalue weighted by Crippen LogP contribution is -2.44. The van der Waals surface area contributed by atoms with E-state index in [-0.39, 0.29) is 30.3 Å². The van der Waals surface area contributed by atoms with Crippen LogP contribution in [0.3, 0.4) is 0 Å². The average Bonchev–Trinajstić information content (AvgIpc) is 2.70. The van der Waals surface area contributed by atoms with Gasteiger partial charge in [-0.15, -0.1) is 12.4 Å². The van der Waals surface area contributed by atoms with Gasteiger partial charge in [0, 0.05) is 18.5 Å². The summed E-state index contributed by atoms with van der Waals surface area (Å²) in [4.78, 5) is 12.8. The topological polar surface area (TPSA) is 61.4 Å². The van der Waals surface area contributed by atoms with Gasteiger partial charge in [-0.05, 0) is 62.8 Å². The summed E-state index contributed by atoms with van der Waals surface area (Å²) in [5.74, 6) is 1.93. The zero-order valence-electron chi connectivity index (χ0n) is 21.1. The van der Waals surface area contributed by atoms with Crippen LogP contribution in [0.2, 0.25) is 0 Å². The van der Waals surface area contributed by atoms with Crippen molar-refractivity contribution in [1.82, 2.24) is 10.6 Å². The van der Waals surface area contributed by atoms with Crippen molar-refractivity contribution < 1.29 is 9.90 Å². The molecule has 1 rings (SSSR count). The molecule has 3 N–H and O–H groups in total. The first-order valence-electron chi connectivity index (χ1n) is 13.0. The fourth-order valence-corrected chi connectivity index (χ4v) is 4.82. The number of carbonyl (C=O) groups excluding carboxylic acids is 1. The van der Waals surface area contributed by atoms with E-state index in [0.717, 1.165) is 57.0 Å².